The van der Waals surface area contributed by atoms with E-state index in [0.29, 0.717) is 13.2 Å². The van der Waals surface area contributed by atoms with Crippen molar-refractivity contribution in [2.45, 2.75) is 19.4 Å². The number of benzene rings is 1. The molecule has 23 heavy (non-hydrogen) atoms. The molecule has 0 spiro atoms. The summed E-state index contributed by atoms with van der Waals surface area (Å²) in [6.45, 7) is 3.81. The molecule has 1 heterocycles. The van der Waals surface area contributed by atoms with E-state index in [1.54, 1.807) is 21.3 Å². The van der Waals surface area contributed by atoms with Crippen LogP contribution in [-0.4, -0.2) is 46.9 Å². The highest BCUT2D eigenvalue weighted by atomic mass is 16.5. The van der Waals surface area contributed by atoms with Crippen molar-refractivity contribution in [1.82, 2.24) is 10.6 Å². The Kier molecular flexibility index (Phi) is 5.85. The Balaban J connectivity index is 2.17. The van der Waals surface area contributed by atoms with Gasteiger partial charge in [0.1, 0.15) is 11.5 Å². The predicted octanol–water partition coefficient (Wildman–Crippen LogP) is 1.51. The maximum Gasteiger partial charge on any atom is 0.230 e. The van der Waals surface area contributed by atoms with Crippen LogP contribution in [0.15, 0.2) is 18.2 Å². The van der Waals surface area contributed by atoms with Crippen LogP contribution in [-0.2, 0) is 9.53 Å². The van der Waals surface area contributed by atoms with E-state index >= 15 is 0 Å². The lowest BCUT2D eigenvalue weighted by Crippen LogP contribution is -2.46. The minimum absolute atomic E-state index is 0.00160. The third-order valence-electron chi connectivity index (χ3n) is 4.40. The van der Waals surface area contributed by atoms with Gasteiger partial charge in [0.05, 0.1) is 32.3 Å². The summed E-state index contributed by atoms with van der Waals surface area (Å²) < 4.78 is 15.9. The molecular formula is C17H26N2O4. The fourth-order valence-electron chi connectivity index (χ4n) is 3.01. The average Bonchev–Trinajstić information content (AvgIpc) is 3.04. The Bertz CT molecular complexity index is 541. The Hall–Kier alpha value is -1.79. The number of carbonyl (C=O) groups is 1. The smallest absolute Gasteiger partial charge is 0.230 e. The molecule has 1 fully saturated rings. The molecule has 0 radical (unpaired) electrons. The van der Waals surface area contributed by atoms with Gasteiger partial charge in [-0.25, -0.2) is 0 Å². The minimum Gasteiger partial charge on any atom is -0.497 e. The number of nitrogens with one attached hydrogen (secondary N) is 2. The summed E-state index contributed by atoms with van der Waals surface area (Å²) in [7, 11) is 4.86. The number of carbonyl (C=O) groups excluding carboxylic acids is 1. The summed E-state index contributed by atoms with van der Waals surface area (Å²) >= 11 is 0. The van der Waals surface area contributed by atoms with Crippen LogP contribution in [0.2, 0.25) is 0 Å². The molecule has 1 aliphatic rings. The van der Waals surface area contributed by atoms with Crippen molar-refractivity contribution in [2.24, 2.45) is 5.41 Å². The fraction of sp³-hybridized carbons (Fsp3) is 0.588. The van der Waals surface area contributed by atoms with Gasteiger partial charge in [-0.3, -0.25) is 4.79 Å². The third-order valence-corrected chi connectivity index (χ3v) is 4.40. The van der Waals surface area contributed by atoms with Crippen LogP contribution in [0.25, 0.3) is 0 Å². The monoisotopic (exact) mass is 322 g/mol. The summed E-state index contributed by atoms with van der Waals surface area (Å²) in [5, 5.41) is 6.34. The van der Waals surface area contributed by atoms with Crippen molar-refractivity contribution in [2.75, 3.05) is 41.0 Å². The van der Waals surface area contributed by atoms with E-state index in [-0.39, 0.29) is 11.9 Å². The first kappa shape index (κ1) is 17.6. The zero-order valence-corrected chi connectivity index (χ0v) is 14.3. The molecule has 6 nitrogen and oxygen atoms in total. The Morgan fingerprint density at radius 2 is 2.13 bits per heavy atom. The quantitative estimate of drug-likeness (QED) is 0.796. The van der Waals surface area contributed by atoms with Crippen LogP contribution in [0.4, 0.5) is 0 Å². The fourth-order valence-corrected chi connectivity index (χ4v) is 3.01. The number of hydrogen-bond acceptors (Lipinski definition) is 5. The molecule has 1 aliphatic heterocycles. The molecule has 1 amide bonds. The van der Waals surface area contributed by atoms with Crippen molar-refractivity contribution >= 4 is 5.91 Å². The summed E-state index contributed by atoms with van der Waals surface area (Å²) in [6, 6.07) is 5.38. The Labute approximate surface area is 137 Å². The second-order valence-corrected chi connectivity index (χ2v) is 5.94. The van der Waals surface area contributed by atoms with Crippen LogP contribution < -0.4 is 20.1 Å². The predicted molar refractivity (Wildman–Crippen MR) is 87.9 cm³/mol. The number of hydrogen-bond donors (Lipinski definition) is 2. The highest BCUT2D eigenvalue weighted by molar-refractivity contribution is 5.84. The normalized spacial score (nSPS) is 21.7. The van der Waals surface area contributed by atoms with Crippen molar-refractivity contribution in [3.05, 3.63) is 23.8 Å². The number of amides is 1. The lowest BCUT2D eigenvalue weighted by atomic mass is 9.86. The number of methoxy groups -OCH3 is 3. The summed E-state index contributed by atoms with van der Waals surface area (Å²) in [5.41, 5.74) is 0.383. The van der Waals surface area contributed by atoms with E-state index in [4.69, 9.17) is 14.2 Å². The maximum atomic E-state index is 12.8. The van der Waals surface area contributed by atoms with E-state index in [2.05, 4.69) is 10.6 Å². The van der Waals surface area contributed by atoms with Gasteiger partial charge in [-0.05, 0) is 38.1 Å². The molecule has 0 aliphatic carbocycles. The van der Waals surface area contributed by atoms with Crippen molar-refractivity contribution in [3.63, 3.8) is 0 Å². The first-order valence-corrected chi connectivity index (χ1v) is 7.79. The molecule has 1 aromatic carbocycles. The largest absolute Gasteiger partial charge is 0.497 e. The molecular weight excluding hydrogens is 296 g/mol. The van der Waals surface area contributed by atoms with E-state index in [0.717, 1.165) is 30.0 Å². The standard InChI is InChI=1S/C17H26N2O4/c1-12(14-9-13(22-3)5-6-15(14)23-4)19-16(20)17(11-21-2)7-8-18-10-17/h5-6,9,12,18H,7-8,10-11H2,1-4H3,(H,19,20). The molecule has 2 unspecified atom stereocenters. The van der Waals surface area contributed by atoms with Gasteiger partial charge in [0.25, 0.3) is 0 Å². The third kappa shape index (κ3) is 3.76. The van der Waals surface area contributed by atoms with Crippen molar-refractivity contribution < 1.29 is 19.0 Å². The van der Waals surface area contributed by atoms with Crippen LogP contribution >= 0.6 is 0 Å². The van der Waals surface area contributed by atoms with Crippen LogP contribution in [0.3, 0.4) is 0 Å². The van der Waals surface area contributed by atoms with E-state index < -0.39 is 5.41 Å². The van der Waals surface area contributed by atoms with Gasteiger partial charge >= 0.3 is 0 Å². The van der Waals surface area contributed by atoms with Crippen LogP contribution in [0, 0.1) is 5.41 Å². The van der Waals surface area contributed by atoms with E-state index in [9.17, 15) is 4.79 Å². The molecule has 6 heteroatoms. The van der Waals surface area contributed by atoms with Crippen LogP contribution in [0.1, 0.15) is 24.9 Å². The van der Waals surface area contributed by atoms with Crippen molar-refractivity contribution in [1.29, 1.82) is 0 Å². The molecule has 2 rings (SSSR count). The second kappa shape index (κ2) is 7.66. The second-order valence-electron chi connectivity index (χ2n) is 5.94. The topological polar surface area (TPSA) is 68.8 Å². The lowest BCUT2D eigenvalue weighted by molar-refractivity contribution is -0.133. The maximum absolute atomic E-state index is 12.8. The van der Waals surface area contributed by atoms with Crippen LogP contribution in [0.5, 0.6) is 11.5 Å². The minimum atomic E-state index is -0.505. The first-order chi connectivity index (χ1) is 11.1. The van der Waals surface area contributed by atoms with Gasteiger partial charge in [-0.15, -0.1) is 0 Å². The molecule has 128 valence electrons. The lowest BCUT2D eigenvalue weighted by Gasteiger charge is -2.28. The van der Waals surface area contributed by atoms with Gasteiger partial charge in [-0.1, -0.05) is 0 Å². The number of ether oxygens (including phenoxy) is 3. The SMILES string of the molecule is COCC1(C(=O)NC(C)c2cc(OC)ccc2OC)CCNC1. The molecule has 2 N–H and O–H groups in total. The first-order valence-electron chi connectivity index (χ1n) is 7.79. The zero-order valence-electron chi connectivity index (χ0n) is 14.3. The average molecular weight is 322 g/mol. The van der Waals surface area contributed by atoms with Crippen molar-refractivity contribution in [3.8, 4) is 11.5 Å². The van der Waals surface area contributed by atoms with E-state index in [1.807, 2.05) is 25.1 Å². The summed E-state index contributed by atoms with van der Waals surface area (Å²) in [4.78, 5) is 12.8. The summed E-state index contributed by atoms with van der Waals surface area (Å²) in [5.74, 6) is 1.46. The number of rotatable bonds is 7. The van der Waals surface area contributed by atoms with Gasteiger partial charge < -0.3 is 24.8 Å². The molecule has 0 aromatic heterocycles. The van der Waals surface area contributed by atoms with Gasteiger partial charge in [0, 0.05) is 19.2 Å². The zero-order chi connectivity index (χ0) is 16.9. The van der Waals surface area contributed by atoms with Gasteiger partial charge in [0.15, 0.2) is 0 Å². The van der Waals surface area contributed by atoms with Gasteiger partial charge in [0.2, 0.25) is 5.91 Å². The van der Waals surface area contributed by atoms with E-state index in [1.165, 1.54) is 0 Å². The highest BCUT2D eigenvalue weighted by Gasteiger charge is 2.41. The summed E-state index contributed by atoms with van der Waals surface area (Å²) in [6.07, 6.45) is 0.772. The molecule has 0 bridgehead atoms. The highest BCUT2D eigenvalue weighted by Crippen LogP contribution is 2.31. The molecule has 2 atom stereocenters. The molecule has 1 saturated heterocycles. The Morgan fingerprint density at radius 3 is 2.70 bits per heavy atom. The molecule has 1 aromatic rings. The van der Waals surface area contributed by atoms with Gasteiger partial charge in [-0.2, -0.15) is 0 Å². The Morgan fingerprint density at radius 1 is 1.35 bits per heavy atom. The molecule has 0 saturated carbocycles.